The first-order valence-electron chi connectivity index (χ1n) is 5.55. The highest BCUT2D eigenvalue weighted by Gasteiger charge is 1.95. The fourth-order valence-corrected chi connectivity index (χ4v) is 0.834. The van der Waals surface area contributed by atoms with Gasteiger partial charge in [0.2, 0.25) is 0 Å². The van der Waals surface area contributed by atoms with Crippen LogP contribution in [0.3, 0.4) is 0 Å². The molecule has 0 aliphatic heterocycles. The third-order valence-electron chi connectivity index (χ3n) is 1.52. The third-order valence-corrected chi connectivity index (χ3v) is 1.52. The van der Waals surface area contributed by atoms with Crippen molar-refractivity contribution in [3.05, 3.63) is 18.3 Å². The Morgan fingerprint density at radius 3 is 2.07 bits per heavy atom. The van der Waals surface area contributed by atoms with Gasteiger partial charge in [0.25, 0.3) is 0 Å². The summed E-state index contributed by atoms with van der Waals surface area (Å²) in [7, 11) is 5.88. The van der Waals surface area contributed by atoms with Gasteiger partial charge < -0.3 is 10.2 Å². The van der Waals surface area contributed by atoms with E-state index < -0.39 is 0 Å². The lowest BCUT2D eigenvalue weighted by Crippen LogP contribution is -2.08. The summed E-state index contributed by atoms with van der Waals surface area (Å²) in [5.74, 6) is 0.899. The zero-order valence-corrected chi connectivity index (χ0v) is 11.1. The highest BCUT2D eigenvalue weighted by atomic mass is 15.1. The van der Waals surface area contributed by atoms with Crippen molar-refractivity contribution in [3.8, 4) is 0 Å². The van der Waals surface area contributed by atoms with Gasteiger partial charge in [-0.05, 0) is 6.07 Å². The summed E-state index contributed by atoms with van der Waals surface area (Å²) in [5, 5.41) is 2.98. The Morgan fingerprint density at radius 1 is 1.13 bits per heavy atom. The molecule has 3 heteroatoms. The van der Waals surface area contributed by atoms with Gasteiger partial charge in [0, 0.05) is 39.1 Å². The zero-order valence-electron chi connectivity index (χ0n) is 11.1. The van der Waals surface area contributed by atoms with Gasteiger partial charge in [-0.2, -0.15) is 0 Å². The molecule has 0 radical (unpaired) electrons. The average Bonchev–Trinajstić information content (AvgIpc) is 2.34. The quantitative estimate of drug-likeness (QED) is 0.814. The summed E-state index contributed by atoms with van der Waals surface area (Å²) >= 11 is 0. The zero-order chi connectivity index (χ0) is 12.3. The molecule has 1 aromatic rings. The van der Waals surface area contributed by atoms with Crippen LogP contribution in [0, 0.1) is 0 Å². The van der Waals surface area contributed by atoms with E-state index in [0.717, 1.165) is 11.5 Å². The van der Waals surface area contributed by atoms with Crippen LogP contribution in [0.2, 0.25) is 0 Å². The number of rotatable bonds is 2. The lowest BCUT2D eigenvalue weighted by atomic mass is 10.3. The molecule has 0 spiro atoms. The van der Waals surface area contributed by atoms with Gasteiger partial charge in [-0.3, -0.25) is 0 Å². The van der Waals surface area contributed by atoms with Crippen LogP contribution in [0.5, 0.6) is 0 Å². The standard InChI is InChI=1S/C8H13N3.2C2H6/c1-9-8-6-7(11(2)3)4-5-10-8;2*1-2/h4-6H,1-3H3,(H,9,10);2*1-2H3. The highest BCUT2D eigenvalue weighted by Crippen LogP contribution is 2.13. The van der Waals surface area contributed by atoms with Gasteiger partial charge in [-0.25, -0.2) is 4.98 Å². The highest BCUT2D eigenvalue weighted by molar-refractivity contribution is 5.52. The molecule has 0 fully saturated rings. The summed E-state index contributed by atoms with van der Waals surface area (Å²) in [4.78, 5) is 6.15. The van der Waals surface area contributed by atoms with Crippen LogP contribution in [0.15, 0.2) is 18.3 Å². The summed E-state index contributed by atoms with van der Waals surface area (Å²) in [6, 6.07) is 3.97. The van der Waals surface area contributed by atoms with E-state index in [9.17, 15) is 0 Å². The molecule has 0 bridgehead atoms. The van der Waals surface area contributed by atoms with Crippen LogP contribution in [0.1, 0.15) is 27.7 Å². The maximum absolute atomic E-state index is 4.10. The summed E-state index contributed by atoms with van der Waals surface area (Å²) in [6.07, 6.45) is 1.79. The SMILES string of the molecule is CC.CC.CNc1cc(N(C)C)ccn1. The van der Waals surface area contributed by atoms with Gasteiger partial charge in [-0.15, -0.1) is 0 Å². The minimum atomic E-state index is 0.899. The van der Waals surface area contributed by atoms with Crippen LogP contribution in [-0.4, -0.2) is 26.1 Å². The Morgan fingerprint density at radius 2 is 1.67 bits per heavy atom. The number of hydrogen-bond donors (Lipinski definition) is 1. The van der Waals surface area contributed by atoms with Crippen LogP contribution in [0.4, 0.5) is 11.5 Å². The maximum atomic E-state index is 4.10. The minimum Gasteiger partial charge on any atom is -0.378 e. The number of aromatic nitrogens is 1. The molecule has 1 rings (SSSR count). The molecule has 88 valence electrons. The predicted octanol–water partition coefficient (Wildman–Crippen LogP) is 3.24. The van der Waals surface area contributed by atoms with Crippen molar-refractivity contribution in [2.24, 2.45) is 0 Å². The Kier molecular flexibility index (Phi) is 11.7. The van der Waals surface area contributed by atoms with E-state index in [2.05, 4.69) is 10.3 Å². The molecule has 1 N–H and O–H groups in total. The first-order chi connectivity index (χ1) is 7.24. The number of nitrogens with zero attached hydrogens (tertiary/aromatic N) is 2. The molecule has 3 nitrogen and oxygen atoms in total. The second kappa shape index (κ2) is 10.8. The smallest absolute Gasteiger partial charge is 0.127 e. The summed E-state index contributed by atoms with van der Waals surface area (Å²) in [6.45, 7) is 8.00. The largest absolute Gasteiger partial charge is 0.378 e. The molecule has 1 heterocycles. The van der Waals surface area contributed by atoms with E-state index in [1.807, 2.05) is 65.9 Å². The number of pyridine rings is 1. The van der Waals surface area contributed by atoms with Crippen molar-refractivity contribution in [2.45, 2.75) is 27.7 Å². The average molecular weight is 211 g/mol. The van der Waals surface area contributed by atoms with Gasteiger partial charge >= 0.3 is 0 Å². The van der Waals surface area contributed by atoms with Crippen molar-refractivity contribution >= 4 is 11.5 Å². The van der Waals surface area contributed by atoms with E-state index in [-0.39, 0.29) is 0 Å². The molecule has 0 atom stereocenters. The van der Waals surface area contributed by atoms with Gasteiger partial charge in [0.1, 0.15) is 5.82 Å². The number of anilines is 2. The molecule has 0 unspecified atom stereocenters. The molecule has 15 heavy (non-hydrogen) atoms. The number of hydrogen-bond acceptors (Lipinski definition) is 3. The van der Waals surface area contributed by atoms with E-state index in [1.165, 1.54) is 0 Å². The monoisotopic (exact) mass is 211 g/mol. The molecular weight excluding hydrogens is 186 g/mol. The lowest BCUT2D eigenvalue weighted by Gasteiger charge is -2.12. The third kappa shape index (κ3) is 6.77. The molecular formula is C12H25N3. The van der Waals surface area contributed by atoms with Gasteiger partial charge in [-0.1, -0.05) is 27.7 Å². The Bertz CT molecular complexity index is 234. The van der Waals surface area contributed by atoms with Gasteiger partial charge in [0.15, 0.2) is 0 Å². The molecule has 0 aliphatic carbocycles. The Balaban J connectivity index is 0. The molecule has 0 saturated heterocycles. The van der Waals surface area contributed by atoms with Crippen molar-refractivity contribution < 1.29 is 0 Å². The Hall–Kier alpha value is -1.25. The van der Waals surface area contributed by atoms with Crippen LogP contribution >= 0.6 is 0 Å². The van der Waals surface area contributed by atoms with Crippen molar-refractivity contribution in [1.82, 2.24) is 4.98 Å². The second-order valence-corrected chi connectivity index (χ2v) is 2.54. The molecule has 0 amide bonds. The predicted molar refractivity (Wildman–Crippen MR) is 70.8 cm³/mol. The molecule has 0 saturated carbocycles. The number of nitrogens with one attached hydrogen (secondary N) is 1. The Labute approximate surface area is 94.5 Å². The van der Waals surface area contributed by atoms with Crippen molar-refractivity contribution in [2.75, 3.05) is 31.4 Å². The minimum absolute atomic E-state index is 0.899. The van der Waals surface area contributed by atoms with E-state index in [1.54, 1.807) is 6.20 Å². The van der Waals surface area contributed by atoms with Crippen molar-refractivity contribution in [1.29, 1.82) is 0 Å². The van der Waals surface area contributed by atoms with Crippen LogP contribution in [0.25, 0.3) is 0 Å². The lowest BCUT2D eigenvalue weighted by molar-refractivity contribution is 1.12. The maximum Gasteiger partial charge on any atom is 0.127 e. The fraction of sp³-hybridized carbons (Fsp3) is 0.583. The van der Waals surface area contributed by atoms with Crippen LogP contribution in [-0.2, 0) is 0 Å². The van der Waals surface area contributed by atoms with Crippen LogP contribution < -0.4 is 10.2 Å². The van der Waals surface area contributed by atoms with E-state index >= 15 is 0 Å². The van der Waals surface area contributed by atoms with Crippen molar-refractivity contribution in [3.63, 3.8) is 0 Å². The summed E-state index contributed by atoms with van der Waals surface area (Å²) < 4.78 is 0. The topological polar surface area (TPSA) is 28.2 Å². The second-order valence-electron chi connectivity index (χ2n) is 2.54. The van der Waals surface area contributed by atoms with E-state index in [4.69, 9.17) is 0 Å². The molecule has 0 aliphatic rings. The van der Waals surface area contributed by atoms with E-state index in [0.29, 0.717) is 0 Å². The first-order valence-corrected chi connectivity index (χ1v) is 5.55. The van der Waals surface area contributed by atoms with Gasteiger partial charge in [0.05, 0.1) is 0 Å². The first kappa shape index (κ1) is 16.2. The normalized spacial score (nSPS) is 7.67. The molecule has 0 aromatic carbocycles. The summed E-state index contributed by atoms with van der Waals surface area (Å²) in [5.41, 5.74) is 1.16. The fourth-order valence-electron chi connectivity index (χ4n) is 0.834. The molecule has 1 aromatic heterocycles.